The van der Waals surface area contributed by atoms with Crippen LogP contribution in [-0.2, 0) is 29.3 Å². The van der Waals surface area contributed by atoms with Gasteiger partial charge in [0.25, 0.3) is 0 Å². The highest BCUT2D eigenvalue weighted by Gasteiger charge is 2.20. The van der Waals surface area contributed by atoms with Gasteiger partial charge in [-0.2, -0.15) is 0 Å². The highest BCUT2D eigenvalue weighted by atomic mass is 79.9. The van der Waals surface area contributed by atoms with Gasteiger partial charge in [-0.05, 0) is 84.0 Å². The molecule has 1 aromatic heterocycles. The average Bonchev–Trinajstić information content (AvgIpc) is 3.49. The number of hydrogen-bond acceptors (Lipinski definition) is 9. The summed E-state index contributed by atoms with van der Waals surface area (Å²) in [5.74, 6) is 0.599. The molecule has 0 bridgehead atoms. The number of fused-ring (bicyclic) bond motifs is 1. The lowest BCUT2D eigenvalue weighted by Gasteiger charge is -2.19. The molecular formula is C32H30Br2ClN3O6. The van der Waals surface area contributed by atoms with Crippen molar-refractivity contribution < 1.29 is 28.7 Å². The summed E-state index contributed by atoms with van der Waals surface area (Å²) in [7, 11) is 0. The van der Waals surface area contributed by atoms with E-state index in [0.29, 0.717) is 33.6 Å². The Morgan fingerprint density at radius 2 is 1.68 bits per heavy atom. The third-order valence-electron chi connectivity index (χ3n) is 6.67. The second kappa shape index (κ2) is 16.0. The van der Waals surface area contributed by atoms with Crippen molar-refractivity contribution in [2.75, 3.05) is 13.2 Å². The van der Waals surface area contributed by atoms with Gasteiger partial charge < -0.3 is 19.3 Å². The van der Waals surface area contributed by atoms with Gasteiger partial charge in [-0.25, -0.2) is 4.63 Å². The van der Waals surface area contributed by atoms with Crippen molar-refractivity contribution in [1.29, 1.82) is 0 Å². The van der Waals surface area contributed by atoms with Crippen LogP contribution in [0.25, 0.3) is 22.2 Å². The van der Waals surface area contributed by atoms with Crippen molar-refractivity contribution in [3.8, 4) is 22.6 Å². The summed E-state index contributed by atoms with van der Waals surface area (Å²) in [5.41, 5.74) is 6.07. The zero-order chi connectivity index (χ0) is 30.2. The number of nitrogens with one attached hydrogen (secondary N) is 1. The van der Waals surface area contributed by atoms with Gasteiger partial charge in [-0.3, -0.25) is 10.1 Å². The number of hydrogen-bond donors (Lipinski definition) is 2. The summed E-state index contributed by atoms with van der Waals surface area (Å²) in [6.45, 7) is 2.32. The molecule has 5 rings (SSSR count). The normalized spacial score (nSPS) is 11.5. The second-order valence-electron chi connectivity index (χ2n) is 9.57. The average molecular weight is 748 g/mol. The first-order valence-electron chi connectivity index (χ1n) is 13.6. The van der Waals surface area contributed by atoms with Crippen LogP contribution >= 0.6 is 44.3 Å². The van der Waals surface area contributed by atoms with E-state index in [9.17, 15) is 9.90 Å². The van der Waals surface area contributed by atoms with E-state index in [1.807, 2.05) is 60.7 Å². The molecule has 0 aliphatic carbocycles. The molecule has 1 atom stereocenters. The van der Waals surface area contributed by atoms with Gasteiger partial charge in [-0.1, -0.05) is 54.6 Å². The fraction of sp³-hybridized carbons (Fsp3) is 0.219. The smallest absolute Gasteiger partial charge is 0.325 e. The Balaban J connectivity index is 0.00000442. The fourth-order valence-electron chi connectivity index (χ4n) is 4.42. The molecule has 9 nitrogen and oxygen atoms in total. The molecule has 4 aromatic carbocycles. The van der Waals surface area contributed by atoms with E-state index >= 15 is 0 Å². The minimum absolute atomic E-state index is 0. The zero-order valence-electron chi connectivity index (χ0n) is 23.7. The summed E-state index contributed by atoms with van der Waals surface area (Å²) in [4.78, 5) is 12.2. The Morgan fingerprint density at radius 3 is 2.45 bits per heavy atom. The minimum atomic E-state index is -0.876. The van der Waals surface area contributed by atoms with Crippen molar-refractivity contribution in [3.63, 3.8) is 0 Å². The van der Waals surface area contributed by atoms with E-state index in [1.54, 1.807) is 6.92 Å². The molecule has 1 heterocycles. The number of rotatable bonds is 13. The molecule has 0 aliphatic rings. The quantitative estimate of drug-likeness (QED) is 0.123. The maximum absolute atomic E-state index is 12.2. The van der Waals surface area contributed by atoms with Gasteiger partial charge in [-0.15, -0.1) is 12.4 Å². The van der Waals surface area contributed by atoms with Crippen LogP contribution in [0.4, 0.5) is 0 Å². The summed E-state index contributed by atoms with van der Waals surface area (Å²) >= 11 is 7.40. The molecular weight excluding hydrogens is 718 g/mol. The summed E-state index contributed by atoms with van der Waals surface area (Å²) in [5, 5.41) is 20.5. The Bertz CT molecular complexity index is 1700. The summed E-state index contributed by atoms with van der Waals surface area (Å²) in [6, 6.07) is 24.6. The van der Waals surface area contributed by atoms with Crippen LogP contribution in [0.5, 0.6) is 11.5 Å². The molecule has 2 N–H and O–H groups in total. The lowest BCUT2D eigenvalue weighted by molar-refractivity contribution is -0.146. The number of aliphatic hydroxyl groups excluding tert-OH is 1. The zero-order valence-corrected chi connectivity index (χ0v) is 27.7. The first kappa shape index (κ1) is 33.4. The predicted octanol–water partition coefficient (Wildman–Crippen LogP) is 7.01. The standard InChI is InChI=1S/C32H29Br2N3O6.ClH/c1-2-40-32(39)28(17-38)35-16-23-14-25(33)30(15-29(23)41-18-20-11-12-26-27(13-20)37-43-36-26)42-19-22-9-6-10-24(31(22)34)21-7-4-3-5-8-21;/h3-15,28,35,38H,2,16-19H2,1H3;1H. The SMILES string of the molecule is CCOC(=O)C(CO)NCc1cc(Br)c(OCc2cccc(-c3ccccc3)c2Br)cc1OCc1ccc2nonc2c1.Cl. The lowest BCUT2D eigenvalue weighted by atomic mass is 10.0. The van der Waals surface area contributed by atoms with E-state index in [1.165, 1.54) is 0 Å². The number of halogens is 3. The van der Waals surface area contributed by atoms with E-state index < -0.39 is 18.6 Å². The van der Waals surface area contributed by atoms with Crippen LogP contribution in [0, 0.1) is 0 Å². The van der Waals surface area contributed by atoms with Gasteiger partial charge in [0.2, 0.25) is 0 Å². The molecule has 12 heteroatoms. The predicted molar refractivity (Wildman–Crippen MR) is 176 cm³/mol. The Labute approximate surface area is 277 Å². The second-order valence-corrected chi connectivity index (χ2v) is 11.2. The summed E-state index contributed by atoms with van der Waals surface area (Å²) in [6.07, 6.45) is 0. The number of benzene rings is 4. The van der Waals surface area contributed by atoms with E-state index in [2.05, 4.69) is 65.7 Å². The van der Waals surface area contributed by atoms with Crippen molar-refractivity contribution in [3.05, 3.63) is 104 Å². The van der Waals surface area contributed by atoms with E-state index in [4.69, 9.17) is 18.8 Å². The molecule has 0 spiro atoms. The van der Waals surface area contributed by atoms with Gasteiger partial charge in [0.05, 0.1) is 17.7 Å². The number of aromatic nitrogens is 2. The number of nitrogens with zero attached hydrogens (tertiary/aromatic N) is 2. The lowest BCUT2D eigenvalue weighted by Crippen LogP contribution is -2.40. The van der Waals surface area contributed by atoms with Crippen LogP contribution in [0.3, 0.4) is 0 Å². The Kier molecular flexibility index (Phi) is 12.2. The van der Waals surface area contributed by atoms with Crippen LogP contribution in [-0.4, -0.2) is 40.6 Å². The number of carbonyl (C=O) groups is 1. The number of esters is 1. The monoisotopic (exact) mass is 745 g/mol. The van der Waals surface area contributed by atoms with Crippen molar-refractivity contribution in [2.24, 2.45) is 0 Å². The number of aliphatic hydroxyl groups is 1. The minimum Gasteiger partial charge on any atom is -0.488 e. The van der Waals surface area contributed by atoms with Gasteiger partial charge in [0.15, 0.2) is 0 Å². The topological polar surface area (TPSA) is 116 Å². The maximum Gasteiger partial charge on any atom is 0.325 e. The highest BCUT2D eigenvalue weighted by Crippen LogP contribution is 2.36. The molecule has 44 heavy (non-hydrogen) atoms. The molecule has 5 aromatic rings. The largest absolute Gasteiger partial charge is 0.488 e. The van der Waals surface area contributed by atoms with Crippen molar-refractivity contribution >= 4 is 61.3 Å². The van der Waals surface area contributed by atoms with E-state index in [0.717, 1.165) is 32.3 Å². The Morgan fingerprint density at radius 1 is 0.909 bits per heavy atom. The highest BCUT2D eigenvalue weighted by molar-refractivity contribution is 9.11. The molecule has 0 aliphatic heterocycles. The molecule has 0 fully saturated rings. The maximum atomic E-state index is 12.2. The number of ether oxygens (including phenoxy) is 3. The fourth-order valence-corrected chi connectivity index (χ4v) is 5.54. The first-order valence-corrected chi connectivity index (χ1v) is 15.2. The van der Waals surface area contributed by atoms with Crippen molar-refractivity contribution in [2.45, 2.75) is 32.7 Å². The summed E-state index contributed by atoms with van der Waals surface area (Å²) < 4.78 is 24.1. The molecule has 1 unspecified atom stereocenters. The van der Waals surface area contributed by atoms with Crippen molar-refractivity contribution in [1.82, 2.24) is 15.6 Å². The third-order valence-corrected chi connectivity index (χ3v) is 8.22. The van der Waals surface area contributed by atoms with Crippen LogP contribution in [0.2, 0.25) is 0 Å². The van der Waals surface area contributed by atoms with Gasteiger partial charge in [0, 0.05) is 28.2 Å². The van der Waals surface area contributed by atoms with E-state index in [-0.39, 0.29) is 32.2 Å². The van der Waals surface area contributed by atoms with Crippen LogP contribution in [0.15, 0.2) is 92.4 Å². The molecule has 0 saturated carbocycles. The molecule has 230 valence electrons. The Hall–Kier alpha value is -3.48. The molecule has 0 saturated heterocycles. The van der Waals surface area contributed by atoms with Crippen LogP contribution < -0.4 is 14.8 Å². The number of carbonyl (C=O) groups excluding carboxylic acids is 1. The molecule has 0 radical (unpaired) electrons. The molecule has 0 amide bonds. The van der Waals surface area contributed by atoms with Gasteiger partial charge >= 0.3 is 5.97 Å². The first-order chi connectivity index (χ1) is 21.0. The third kappa shape index (κ3) is 8.16. The van der Waals surface area contributed by atoms with Crippen LogP contribution in [0.1, 0.15) is 23.6 Å². The van der Waals surface area contributed by atoms with Gasteiger partial charge in [0.1, 0.15) is 41.8 Å².